The van der Waals surface area contributed by atoms with Gasteiger partial charge in [0.15, 0.2) is 11.6 Å². The van der Waals surface area contributed by atoms with Crippen LogP contribution in [-0.2, 0) is 13.0 Å². The first kappa shape index (κ1) is 22.9. The first-order chi connectivity index (χ1) is 17.5. The van der Waals surface area contributed by atoms with Crippen LogP contribution in [-0.4, -0.2) is 56.1 Å². The van der Waals surface area contributed by atoms with Gasteiger partial charge in [0, 0.05) is 49.9 Å². The highest BCUT2D eigenvalue weighted by molar-refractivity contribution is 5.83. The van der Waals surface area contributed by atoms with Crippen LogP contribution in [0, 0.1) is 18.6 Å². The van der Waals surface area contributed by atoms with Crippen LogP contribution in [0.1, 0.15) is 36.0 Å². The number of aromatic nitrogens is 5. The number of pyridine rings is 1. The van der Waals surface area contributed by atoms with Crippen molar-refractivity contribution in [2.45, 2.75) is 38.8 Å². The summed E-state index contributed by atoms with van der Waals surface area (Å²) in [6.07, 6.45) is 4.04. The van der Waals surface area contributed by atoms with Crippen LogP contribution in [0.3, 0.4) is 0 Å². The highest BCUT2D eigenvalue weighted by atomic mass is 19.1. The van der Waals surface area contributed by atoms with Crippen molar-refractivity contribution in [3.8, 4) is 11.3 Å². The van der Waals surface area contributed by atoms with Gasteiger partial charge in [-0.1, -0.05) is 6.07 Å². The number of halogens is 2. The van der Waals surface area contributed by atoms with E-state index in [2.05, 4.69) is 36.6 Å². The van der Waals surface area contributed by atoms with Crippen LogP contribution in [0.4, 0.5) is 20.5 Å². The summed E-state index contributed by atoms with van der Waals surface area (Å²) in [4.78, 5) is 20.0. The lowest BCUT2D eigenvalue weighted by Crippen LogP contribution is -2.35. The molecule has 10 heteroatoms. The van der Waals surface area contributed by atoms with Gasteiger partial charge in [-0.25, -0.2) is 28.7 Å². The van der Waals surface area contributed by atoms with Crippen LogP contribution in [0.5, 0.6) is 0 Å². The zero-order chi connectivity index (χ0) is 24.8. The molecule has 0 radical (unpaired) electrons. The molecule has 4 heterocycles. The fourth-order valence-corrected chi connectivity index (χ4v) is 4.95. The number of hydrogen-bond donors (Lipinski definition) is 2. The third kappa shape index (κ3) is 4.31. The second-order valence-corrected chi connectivity index (χ2v) is 9.53. The van der Waals surface area contributed by atoms with Gasteiger partial charge in [-0.2, -0.15) is 0 Å². The Morgan fingerprint density at radius 1 is 1.08 bits per heavy atom. The average molecular weight is 491 g/mol. The predicted molar refractivity (Wildman–Crippen MR) is 134 cm³/mol. The smallest absolute Gasteiger partial charge is 0.229 e. The van der Waals surface area contributed by atoms with E-state index in [4.69, 9.17) is 4.98 Å². The summed E-state index contributed by atoms with van der Waals surface area (Å²) in [5.41, 5.74) is 3.60. The van der Waals surface area contributed by atoms with Gasteiger partial charge in [-0.3, -0.25) is 4.90 Å². The predicted octanol–water partition coefficient (Wildman–Crippen LogP) is 4.13. The van der Waals surface area contributed by atoms with E-state index < -0.39 is 11.6 Å². The Bertz CT molecular complexity index is 1450. The molecule has 0 amide bonds. The Balaban J connectivity index is 1.28. The SMILES string of the molecule is CNCCN1CCc2nc(Nc3ncc(F)c(-c4cc(F)c5nc(C)n(C6CC6)c5c4)n3)ccc2C1. The normalized spacial score (nSPS) is 15.9. The van der Waals surface area contributed by atoms with E-state index in [0.717, 1.165) is 63.2 Å². The monoisotopic (exact) mass is 490 g/mol. The molecule has 1 aromatic carbocycles. The Morgan fingerprint density at radius 2 is 1.94 bits per heavy atom. The lowest BCUT2D eigenvalue weighted by Gasteiger charge is -2.28. The summed E-state index contributed by atoms with van der Waals surface area (Å²) >= 11 is 0. The number of nitrogens with zero attached hydrogens (tertiary/aromatic N) is 6. The third-order valence-corrected chi connectivity index (χ3v) is 6.90. The minimum absolute atomic E-state index is 0.0348. The van der Waals surface area contributed by atoms with Crippen LogP contribution in [0.15, 0.2) is 30.5 Å². The lowest BCUT2D eigenvalue weighted by molar-refractivity contribution is 0.254. The standard InChI is InChI=1S/C26H28F2N8/c1-15-31-25-19(27)11-17(12-22(25)36(15)18-4-5-18)24-20(28)13-30-26(34-24)33-23-6-3-16-14-35(10-8-29-2)9-7-21(16)32-23/h3,6,11-13,18,29H,4-5,7-10,14H2,1-2H3,(H,30,32,33,34). The van der Waals surface area contributed by atoms with Gasteiger partial charge in [-0.15, -0.1) is 0 Å². The minimum Gasteiger partial charge on any atom is -0.325 e. The maximum Gasteiger partial charge on any atom is 0.229 e. The van der Waals surface area contributed by atoms with Crippen molar-refractivity contribution >= 4 is 22.8 Å². The van der Waals surface area contributed by atoms with Gasteiger partial charge in [0.1, 0.15) is 22.9 Å². The van der Waals surface area contributed by atoms with Gasteiger partial charge >= 0.3 is 0 Å². The van der Waals surface area contributed by atoms with Crippen LogP contribution >= 0.6 is 0 Å². The van der Waals surface area contributed by atoms with Gasteiger partial charge in [0.2, 0.25) is 5.95 Å². The summed E-state index contributed by atoms with van der Waals surface area (Å²) in [6.45, 7) is 5.64. The second-order valence-electron chi connectivity index (χ2n) is 9.53. The van der Waals surface area contributed by atoms with Crippen LogP contribution in [0.25, 0.3) is 22.3 Å². The van der Waals surface area contributed by atoms with Gasteiger partial charge in [-0.05, 0) is 50.6 Å². The number of imidazole rings is 1. The van der Waals surface area contributed by atoms with Crippen molar-refractivity contribution in [1.29, 1.82) is 0 Å². The highest BCUT2D eigenvalue weighted by Crippen LogP contribution is 2.40. The summed E-state index contributed by atoms with van der Waals surface area (Å²) in [7, 11) is 1.96. The van der Waals surface area contributed by atoms with Gasteiger partial charge < -0.3 is 15.2 Å². The molecule has 1 aliphatic heterocycles. The van der Waals surface area contributed by atoms with Crippen molar-refractivity contribution in [2.24, 2.45) is 0 Å². The largest absolute Gasteiger partial charge is 0.325 e. The quantitative estimate of drug-likeness (QED) is 0.403. The fraction of sp³-hybridized carbons (Fsp3) is 0.385. The summed E-state index contributed by atoms with van der Waals surface area (Å²) in [6, 6.07) is 7.32. The van der Waals surface area contributed by atoms with Crippen molar-refractivity contribution in [3.05, 3.63) is 59.2 Å². The van der Waals surface area contributed by atoms with E-state index in [9.17, 15) is 8.78 Å². The summed E-state index contributed by atoms with van der Waals surface area (Å²) in [5, 5.41) is 6.28. The summed E-state index contributed by atoms with van der Waals surface area (Å²) < 4.78 is 31.8. The van der Waals surface area contributed by atoms with E-state index >= 15 is 0 Å². The topological polar surface area (TPSA) is 83.8 Å². The number of benzene rings is 1. The van der Waals surface area contributed by atoms with Gasteiger partial charge in [0.25, 0.3) is 0 Å². The molecular weight excluding hydrogens is 462 g/mol. The molecule has 4 aromatic rings. The molecule has 8 nitrogen and oxygen atoms in total. The number of fused-ring (bicyclic) bond motifs is 2. The van der Waals surface area contributed by atoms with Crippen LogP contribution in [0.2, 0.25) is 0 Å². The Labute approximate surface area is 207 Å². The fourth-order valence-electron chi connectivity index (χ4n) is 4.95. The van der Waals surface area contributed by atoms with Gasteiger partial charge in [0.05, 0.1) is 11.7 Å². The molecule has 1 saturated carbocycles. The first-order valence-corrected chi connectivity index (χ1v) is 12.3. The number of hydrogen-bond acceptors (Lipinski definition) is 7. The molecule has 36 heavy (non-hydrogen) atoms. The molecule has 0 saturated heterocycles. The summed E-state index contributed by atoms with van der Waals surface area (Å²) in [5.74, 6) is 0.459. The Morgan fingerprint density at radius 3 is 2.75 bits per heavy atom. The molecule has 1 aliphatic carbocycles. The number of nitrogens with one attached hydrogen (secondary N) is 2. The molecule has 3 aromatic heterocycles. The van der Waals surface area contributed by atoms with Crippen molar-refractivity contribution in [2.75, 3.05) is 32.0 Å². The van der Waals surface area contributed by atoms with Crippen molar-refractivity contribution < 1.29 is 8.78 Å². The number of anilines is 2. The zero-order valence-corrected chi connectivity index (χ0v) is 20.4. The van der Waals surface area contributed by atoms with Crippen LogP contribution < -0.4 is 10.6 Å². The van der Waals surface area contributed by atoms with Crippen molar-refractivity contribution in [3.63, 3.8) is 0 Å². The third-order valence-electron chi connectivity index (χ3n) is 6.90. The minimum atomic E-state index is -0.617. The molecule has 2 aliphatic rings. The van der Waals surface area contributed by atoms with E-state index in [1.54, 1.807) is 6.07 Å². The van der Waals surface area contributed by atoms with Crippen molar-refractivity contribution in [1.82, 2.24) is 34.7 Å². The van der Waals surface area contributed by atoms with E-state index in [0.29, 0.717) is 28.5 Å². The molecule has 186 valence electrons. The second kappa shape index (κ2) is 9.18. The average Bonchev–Trinajstić information content (AvgIpc) is 3.65. The van der Waals surface area contributed by atoms with E-state index in [-0.39, 0.29) is 11.6 Å². The van der Waals surface area contributed by atoms with E-state index in [1.807, 2.05) is 24.6 Å². The molecule has 0 spiro atoms. The highest BCUT2D eigenvalue weighted by Gasteiger charge is 2.28. The number of aryl methyl sites for hydroxylation is 1. The first-order valence-electron chi connectivity index (χ1n) is 12.3. The molecule has 1 fully saturated rings. The number of likely N-dealkylation sites (N-methyl/N-ethyl adjacent to an activating group) is 1. The maximum atomic E-state index is 15.0. The zero-order valence-electron chi connectivity index (χ0n) is 20.4. The Kier molecular flexibility index (Phi) is 5.85. The molecule has 0 unspecified atom stereocenters. The number of rotatable bonds is 7. The van der Waals surface area contributed by atoms with E-state index in [1.165, 1.54) is 11.6 Å². The molecule has 6 rings (SSSR count). The molecule has 0 atom stereocenters. The molecule has 0 bridgehead atoms. The Hall–Kier alpha value is -3.50. The molecule has 2 N–H and O–H groups in total. The maximum absolute atomic E-state index is 15.0. The molecular formula is C26H28F2N8. The lowest BCUT2D eigenvalue weighted by atomic mass is 10.1.